The molecule has 1 fully saturated rings. The zero-order valence-electron chi connectivity index (χ0n) is 17.2. The molecule has 166 valence electrons. The summed E-state index contributed by atoms with van der Waals surface area (Å²) in [4.78, 5) is 31.7. The minimum atomic E-state index is -1.10. The molecule has 5 rings (SSSR count). The first-order valence-corrected chi connectivity index (χ1v) is 9.92. The topological polar surface area (TPSA) is 154 Å². The number of hydrogen-bond donors (Lipinski definition) is 2. The van der Waals surface area contributed by atoms with Crippen molar-refractivity contribution in [2.24, 2.45) is 0 Å². The molecule has 1 aromatic carbocycles. The Hall–Kier alpha value is -4.59. The van der Waals surface area contributed by atoms with Crippen LogP contribution in [0.2, 0.25) is 0 Å². The molecule has 11 heteroatoms. The summed E-state index contributed by atoms with van der Waals surface area (Å²) >= 11 is 0. The highest BCUT2D eigenvalue weighted by molar-refractivity contribution is 5.87. The van der Waals surface area contributed by atoms with Crippen molar-refractivity contribution in [1.82, 2.24) is 15.1 Å². The number of benzene rings is 1. The average molecular weight is 448 g/mol. The van der Waals surface area contributed by atoms with Gasteiger partial charge in [0.2, 0.25) is 11.7 Å². The number of oxazole rings is 2. The van der Waals surface area contributed by atoms with Gasteiger partial charge in [0, 0.05) is 5.92 Å². The van der Waals surface area contributed by atoms with Crippen LogP contribution in [0.4, 0.5) is 10.5 Å². The molecule has 1 saturated carbocycles. The third-order valence-corrected chi connectivity index (χ3v) is 5.13. The maximum atomic E-state index is 12.2. The second-order valence-electron chi connectivity index (χ2n) is 7.44. The number of aliphatic carboxylic acids is 1. The van der Waals surface area contributed by atoms with E-state index >= 15 is 0 Å². The molecule has 0 unspecified atom stereocenters. The third-order valence-electron chi connectivity index (χ3n) is 5.13. The fraction of sp³-hybridized carbons (Fsp3) is 0.227. The van der Waals surface area contributed by atoms with Gasteiger partial charge in [-0.15, -0.1) is 0 Å². The Balaban J connectivity index is 1.29. The molecule has 0 radical (unpaired) electrons. The molecule has 4 aromatic rings. The number of hydrogen-bond acceptors (Lipinski definition) is 9. The van der Waals surface area contributed by atoms with Crippen LogP contribution in [0.15, 0.2) is 43.7 Å². The highest BCUT2D eigenvalue weighted by Crippen LogP contribution is 2.48. The molecule has 0 saturated heterocycles. The quantitative estimate of drug-likeness (QED) is 0.434. The first kappa shape index (κ1) is 20.3. The summed E-state index contributed by atoms with van der Waals surface area (Å²) in [5, 5.41) is 15.7. The molecule has 1 aliphatic carbocycles. The van der Waals surface area contributed by atoms with Gasteiger partial charge in [-0.05, 0) is 31.2 Å². The van der Waals surface area contributed by atoms with E-state index in [4.69, 9.17) is 18.1 Å². The number of carboxylic acid groups (broad SMARTS) is 1. The summed E-state index contributed by atoms with van der Waals surface area (Å²) in [7, 11) is 0. The smallest absolute Gasteiger partial charge is 0.412 e. The summed E-state index contributed by atoms with van der Waals surface area (Å²) < 4.78 is 21.3. The summed E-state index contributed by atoms with van der Waals surface area (Å²) in [6.07, 6.45) is 0.213. The lowest BCUT2D eigenvalue weighted by molar-refractivity contribution is -0.140. The Morgan fingerprint density at radius 2 is 1.91 bits per heavy atom. The normalized spacial score (nSPS) is 13.8. The van der Waals surface area contributed by atoms with Gasteiger partial charge in [-0.1, -0.05) is 35.5 Å². The number of ether oxygens (including phenoxy) is 1. The second kappa shape index (κ2) is 7.83. The molecule has 11 nitrogen and oxygen atoms in total. The summed E-state index contributed by atoms with van der Waals surface area (Å²) in [6.45, 7) is 1.74. The number of carbonyl (C=O) groups excluding carboxylic acids is 1. The van der Waals surface area contributed by atoms with Gasteiger partial charge >= 0.3 is 12.1 Å². The Kier molecular flexibility index (Phi) is 4.82. The third kappa shape index (κ3) is 3.89. The van der Waals surface area contributed by atoms with Crippen LogP contribution >= 0.6 is 0 Å². The van der Waals surface area contributed by atoms with Crippen molar-refractivity contribution in [2.45, 2.75) is 31.8 Å². The maximum Gasteiger partial charge on any atom is 0.412 e. The lowest BCUT2D eigenvalue weighted by Crippen LogP contribution is -2.19. The van der Waals surface area contributed by atoms with Crippen LogP contribution in [0.1, 0.15) is 41.6 Å². The Bertz CT molecular complexity index is 1390. The number of amides is 1. The predicted molar refractivity (Wildman–Crippen MR) is 110 cm³/mol. The van der Waals surface area contributed by atoms with E-state index in [0.29, 0.717) is 18.5 Å². The molecule has 0 spiro atoms. The highest BCUT2D eigenvalue weighted by atomic mass is 16.5. The van der Waals surface area contributed by atoms with Gasteiger partial charge in [0.05, 0.1) is 0 Å². The molecule has 1 amide bonds. The lowest BCUT2D eigenvalue weighted by atomic mass is 10.1. The molecular weight excluding hydrogens is 432 g/mol. The largest absolute Gasteiger partial charge is 0.480 e. The monoisotopic (exact) mass is 448 g/mol. The van der Waals surface area contributed by atoms with Gasteiger partial charge < -0.3 is 23.2 Å². The van der Waals surface area contributed by atoms with Crippen LogP contribution in [-0.2, 0) is 21.6 Å². The first-order chi connectivity index (χ1) is 15.9. The minimum Gasteiger partial charge on any atom is -0.480 e. The number of nitrogens with one attached hydrogen (secondary N) is 1. The van der Waals surface area contributed by atoms with Crippen molar-refractivity contribution in [3.63, 3.8) is 0 Å². The van der Waals surface area contributed by atoms with Crippen LogP contribution in [0, 0.1) is 18.8 Å². The van der Waals surface area contributed by atoms with Gasteiger partial charge in [-0.25, -0.2) is 4.79 Å². The first-order valence-electron chi connectivity index (χ1n) is 9.92. The number of fused-ring (bicyclic) bond motifs is 1. The molecule has 2 N–H and O–H groups in total. The molecule has 33 heavy (non-hydrogen) atoms. The highest BCUT2D eigenvalue weighted by Gasteiger charge is 2.56. The summed E-state index contributed by atoms with van der Waals surface area (Å²) in [6, 6.07) is 9.24. The number of carbonyl (C=O) groups is 2. The van der Waals surface area contributed by atoms with E-state index in [1.54, 1.807) is 6.92 Å². The zero-order valence-corrected chi connectivity index (χ0v) is 17.2. The SMILES string of the molecule is Cc1noc(C#Cc2nc3oc(C4(C(=O)O)CC4)nc3o2)c1NC(=O)OCc1ccccc1. The fourth-order valence-electron chi connectivity index (χ4n) is 3.12. The summed E-state index contributed by atoms with van der Waals surface area (Å²) in [5.41, 5.74) is 0.523. The standard InChI is InChI=1S/C22H16N4O7/c1-12-16(24-21(29)30-11-13-5-3-2-4-6-13)14(33-26-12)7-8-15-23-17-18(31-15)25-19(32-17)22(9-10-22)20(27)28/h2-6H,9-11H2,1H3,(H,24,29)(H,27,28). The molecule has 1 aliphatic rings. The number of aryl methyl sites for hydroxylation is 1. The van der Waals surface area contributed by atoms with Gasteiger partial charge in [-0.3, -0.25) is 10.1 Å². The van der Waals surface area contributed by atoms with Crippen molar-refractivity contribution in [3.05, 3.63) is 59.1 Å². The van der Waals surface area contributed by atoms with E-state index in [1.165, 1.54) is 0 Å². The zero-order chi connectivity index (χ0) is 23.0. The molecule has 0 atom stereocenters. The van der Waals surface area contributed by atoms with E-state index in [1.807, 2.05) is 30.3 Å². The van der Waals surface area contributed by atoms with E-state index in [0.717, 1.165) is 5.56 Å². The van der Waals surface area contributed by atoms with Crippen molar-refractivity contribution < 1.29 is 32.8 Å². The number of nitrogens with zero attached hydrogens (tertiary/aromatic N) is 3. The van der Waals surface area contributed by atoms with Crippen molar-refractivity contribution in [3.8, 4) is 11.8 Å². The van der Waals surface area contributed by atoms with Crippen LogP contribution in [0.25, 0.3) is 11.4 Å². The van der Waals surface area contributed by atoms with Crippen molar-refractivity contribution in [1.29, 1.82) is 0 Å². The fourth-order valence-corrected chi connectivity index (χ4v) is 3.12. The number of anilines is 1. The van der Waals surface area contributed by atoms with E-state index in [9.17, 15) is 14.7 Å². The van der Waals surface area contributed by atoms with Gasteiger partial charge in [0.25, 0.3) is 17.3 Å². The average Bonchev–Trinajstić information content (AvgIpc) is 3.24. The molecular formula is C22H16N4O7. The van der Waals surface area contributed by atoms with Crippen molar-refractivity contribution >= 4 is 29.2 Å². The summed E-state index contributed by atoms with van der Waals surface area (Å²) in [5.74, 6) is 4.47. The minimum absolute atomic E-state index is 0.0189. The second-order valence-corrected chi connectivity index (χ2v) is 7.44. The molecule has 0 bridgehead atoms. The van der Waals surface area contributed by atoms with Crippen molar-refractivity contribution in [2.75, 3.05) is 5.32 Å². The van der Waals surface area contributed by atoms with Crippen LogP contribution in [0.5, 0.6) is 0 Å². The van der Waals surface area contributed by atoms with E-state index in [2.05, 4.69) is 32.3 Å². The van der Waals surface area contributed by atoms with E-state index in [-0.39, 0.29) is 41.3 Å². The van der Waals surface area contributed by atoms with Crippen LogP contribution in [0.3, 0.4) is 0 Å². The van der Waals surface area contributed by atoms with E-state index < -0.39 is 17.5 Å². The maximum absolute atomic E-state index is 12.2. The van der Waals surface area contributed by atoms with Crippen LogP contribution < -0.4 is 5.32 Å². The number of rotatable bonds is 5. The molecule has 3 heterocycles. The Morgan fingerprint density at radius 3 is 2.61 bits per heavy atom. The Morgan fingerprint density at radius 1 is 1.15 bits per heavy atom. The molecule has 3 aromatic heterocycles. The van der Waals surface area contributed by atoms with Gasteiger partial charge in [0.1, 0.15) is 23.4 Å². The molecule has 0 aliphatic heterocycles. The van der Waals surface area contributed by atoms with Gasteiger partial charge in [-0.2, -0.15) is 9.97 Å². The lowest BCUT2D eigenvalue weighted by Gasteiger charge is -2.06. The number of aromatic nitrogens is 3. The van der Waals surface area contributed by atoms with Gasteiger partial charge in [0.15, 0.2) is 0 Å². The predicted octanol–water partition coefficient (Wildman–Crippen LogP) is 3.38. The number of carboxylic acids is 1. The Labute approximate surface area is 185 Å². The van der Waals surface area contributed by atoms with Crippen LogP contribution in [-0.4, -0.2) is 32.3 Å².